The Labute approximate surface area is 131 Å². The van der Waals surface area contributed by atoms with E-state index in [2.05, 4.69) is 4.98 Å². The molecule has 21 heavy (non-hydrogen) atoms. The van der Waals surface area contributed by atoms with Crippen LogP contribution in [0, 0.1) is 0 Å². The smallest absolute Gasteiger partial charge is 0.359 e. The molecular formula is C15H11Cl2NO3. The molecule has 0 fully saturated rings. The zero-order valence-electron chi connectivity index (χ0n) is 11.0. The van der Waals surface area contributed by atoms with Gasteiger partial charge in [-0.05, 0) is 19.1 Å². The minimum Gasteiger partial charge on any atom is -0.449 e. The predicted octanol–water partition coefficient (Wildman–Crippen LogP) is 3.82. The monoisotopic (exact) mass is 323 g/mol. The first-order chi connectivity index (χ1) is 9.99. The number of Topliss-reactive ketones (excluding diaryl/α,β-unsaturated/α-hetero) is 1. The van der Waals surface area contributed by atoms with E-state index >= 15 is 0 Å². The number of carbonyl (C=O) groups is 2. The lowest BCUT2D eigenvalue weighted by atomic mass is 10.1. The molecule has 0 radical (unpaired) electrons. The number of hydrogen-bond donors (Lipinski definition) is 0. The average molecular weight is 324 g/mol. The summed E-state index contributed by atoms with van der Waals surface area (Å²) in [6, 6.07) is 11.5. The van der Waals surface area contributed by atoms with Gasteiger partial charge in [-0.25, -0.2) is 9.78 Å². The number of nitrogens with zero attached hydrogens (tertiary/aromatic N) is 1. The van der Waals surface area contributed by atoms with Crippen LogP contribution in [0.5, 0.6) is 0 Å². The van der Waals surface area contributed by atoms with E-state index < -0.39 is 12.1 Å². The van der Waals surface area contributed by atoms with Crippen molar-refractivity contribution in [3.05, 3.63) is 63.9 Å². The largest absolute Gasteiger partial charge is 0.449 e. The van der Waals surface area contributed by atoms with Crippen LogP contribution in [0.15, 0.2) is 42.5 Å². The summed E-state index contributed by atoms with van der Waals surface area (Å²) in [6.07, 6.45) is -0.947. The van der Waals surface area contributed by atoms with Crippen LogP contribution in [0.4, 0.5) is 0 Å². The lowest BCUT2D eigenvalue weighted by Crippen LogP contribution is -2.25. The molecule has 0 saturated carbocycles. The number of hydrogen-bond acceptors (Lipinski definition) is 4. The van der Waals surface area contributed by atoms with Crippen LogP contribution in [-0.4, -0.2) is 22.8 Å². The van der Waals surface area contributed by atoms with Gasteiger partial charge in [-0.3, -0.25) is 4.79 Å². The van der Waals surface area contributed by atoms with E-state index in [1.54, 1.807) is 30.3 Å². The molecule has 6 heteroatoms. The van der Waals surface area contributed by atoms with Gasteiger partial charge in [-0.2, -0.15) is 0 Å². The molecule has 1 aromatic heterocycles. The van der Waals surface area contributed by atoms with Gasteiger partial charge in [0.05, 0.1) is 5.02 Å². The summed E-state index contributed by atoms with van der Waals surface area (Å²) in [5, 5.41) is 0.233. The van der Waals surface area contributed by atoms with Gasteiger partial charge in [0, 0.05) is 5.56 Å². The first kappa shape index (κ1) is 15.5. The quantitative estimate of drug-likeness (QED) is 0.487. The molecule has 0 bridgehead atoms. The highest BCUT2D eigenvalue weighted by Crippen LogP contribution is 2.18. The maximum Gasteiger partial charge on any atom is 0.359 e. The molecule has 0 unspecified atom stereocenters. The SMILES string of the molecule is C[C@@H](OC(=O)c1nc(Cl)ccc1Cl)C(=O)c1ccccc1. The highest BCUT2D eigenvalue weighted by Gasteiger charge is 2.22. The maximum atomic E-state index is 12.1. The van der Waals surface area contributed by atoms with Crippen LogP contribution in [0.25, 0.3) is 0 Å². The summed E-state index contributed by atoms with van der Waals surface area (Å²) in [5.41, 5.74) is 0.347. The average Bonchev–Trinajstić information content (AvgIpc) is 2.49. The van der Waals surface area contributed by atoms with Crippen molar-refractivity contribution in [1.29, 1.82) is 0 Å². The molecule has 2 rings (SSSR count). The van der Waals surface area contributed by atoms with Crippen LogP contribution in [0.2, 0.25) is 10.2 Å². The molecule has 0 N–H and O–H groups in total. The second-order valence-corrected chi connectivity index (χ2v) is 5.04. The van der Waals surface area contributed by atoms with Crippen LogP contribution < -0.4 is 0 Å². The van der Waals surface area contributed by atoms with Crippen molar-refractivity contribution in [2.45, 2.75) is 13.0 Å². The third-order valence-corrected chi connectivity index (χ3v) is 3.23. The van der Waals surface area contributed by atoms with Crippen LogP contribution >= 0.6 is 23.2 Å². The first-order valence-electron chi connectivity index (χ1n) is 6.11. The number of aromatic nitrogens is 1. The highest BCUT2D eigenvalue weighted by atomic mass is 35.5. The Morgan fingerprint density at radius 2 is 1.76 bits per heavy atom. The maximum absolute atomic E-state index is 12.1. The van der Waals surface area contributed by atoms with Crippen molar-refractivity contribution < 1.29 is 14.3 Å². The molecule has 1 aromatic carbocycles. The number of esters is 1. The summed E-state index contributed by atoms with van der Waals surface area (Å²) in [4.78, 5) is 27.9. The van der Waals surface area contributed by atoms with Gasteiger partial charge in [0.1, 0.15) is 5.15 Å². The Bertz CT molecular complexity index is 674. The standard InChI is InChI=1S/C15H11Cl2NO3/c1-9(14(19)10-5-3-2-4-6-10)21-15(20)13-11(16)7-8-12(17)18-13/h2-9H,1H3/t9-/m1/s1. The lowest BCUT2D eigenvalue weighted by Gasteiger charge is -2.12. The molecule has 0 saturated heterocycles. The number of pyridine rings is 1. The Hall–Kier alpha value is -1.91. The number of benzene rings is 1. The molecule has 0 aliphatic heterocycles. The zero-order chi connectivity index (χ0) is 15.4. The number of rotatable bonds is 4. The van der Waals surface area contributed by atoms with Crippen molar-refractivity contribution >= 4 is 35.0 Å². The van der Waals surface area contributed by atoms with Crippen molar-refractivity contribution in [1.82, 2.24) is 4.98 Å². The fraction of sp³-hybridized carbons (Fsp3) is 0.133. The number of ether oxygens (including phenoxy) is 1. The van der Waals surface area contributed by atoms with Gasteiger partial charge in [0.15, 0.2) is 11.8 Å². The first-order valence-corrected chi connectivity index (χ1v) is 6.87. The van der Waals surface area contributed by atoms with Crippen LogP contribution in [0.3, 0.4) is 0 Å². The minimum atomic E-state index is -0.947. The predicted molar refractivity (Wildman–Crippen MR) is 79.9 cm³/mol. The van der Waals surface area contributed by atoms with Gasteiger partial charge < -0.3 is 4.74 Å². The fourth-order valence-corrected chi connectivity index (χ4v) is 2.00. The van der Waals surface area contributed by atoms with E-state index in [4.69, 9.17) is 27.9 Å². The third kappa shape index (κ3) is 3.80. The summed E-state index contributed by atoms with van der Waals surface area (Å²) in [5.74, 6) is -1.10. The van der Waals surface area contributed by atoms with Crippen molar-refractivity contribution in [2.75, 3.05) is 0 Å². The number of ketones is 1. The topological polar surface area (TPSA) is 56.3 Å². The minimum absolute atomic E-state index is 0.114. The van der Waals surface area contributed by atoms with Gasteiger partial charge in [0.25, 0.3) is 0 Å². The van der Waals surface area contributed by atoms with Crippen molar-refractivity contribution in [2.24, 2.45) is 0 Å². The molecule has 0 aliphatic rings. The number of halogens is 2. The molecule has 4 nitrogen and oxygen atoms in total. The molecule has 1 heterocycles. The van der Waals surface area contributed by atoms with E-state index in [-0.39, 0.29) is 21.7 Å². The molecule has 108 valence electrons. The van der Waals surface area contributed by atoms with Gasteiger partial charge >= 0.3 is 5.97 Å². The lowest BCUT2D eigenvalue weighted by molar-refractivity contribution is 0.0313. The molecular weight excluding hydrogens is 313 g/mol. The van der Waals surface area contributed by atoms with E-state index in [0.29, 0.717) is 5.56 Å². The van der Waals surface area contributed by atoms with Crippen LogP contribution in [0.1, 0.15) is 27.8 Å². The van der Waals surface area contributed by atoms with E-state index in [0.717, 1.165) is 0 Å². The second kappa shape index (κ2) is 6.70. The Balaban J connectivity index is 2.12. The summed E-state index contributed by atoms with van der Waals surface area (Å²) < 4.78 is 5.09. The van der Waals surface area contributed by atoms with Gasteiger partial charge in [0.2, 0.25) is 5.78 Å². The number of carbonyl (C=O) groups excluding carboxylic acids is 2. The van der Waals surface area contributed by atoms with Gasteiger partial charge in [-0.15, -0.1) is 0 Å². The molecule has 2 aromatic rings. The highest BCUT2D eigenvalue weighted by molar-refractivity contribution is 6.34. The summed E-state index contributed by atoms with van der Waals surface area (Å²) >= 11 is 11.6. The summed E-state index contributed by atoms with van der Waals surface area (Å²) in [7, 11) is 0. The third-order valence-electron chi connectivity index (χ3n) is 2.72. The van der Waals surface area contributed by atoms with Crippen molar-refractivity contribution in [3.8, 4) is 0 Å². The van der Waals surface area contributed by atoms with E-state index in [1.165, 1.54) is 19.1 Å². The van der Waals surface area contributed by atoms with E-state index in [1.807, 2.05) is 0 Å². The van der Waals surface area contributed by atoms with Gasteiger partial charge in [-0.1, -0.05) is 53.5 Å². The molecule has 0 aliphatic carbocycles. The normalized spacial score (nSPS) is 11.8. The second-order valence-electron chi connectivity index (χ2n) is 4.24. The fourth-order valence-electron chi connectivity index (χ4n) is 1.67. The Morgan fingerprint density at radius 3 is 2.43 bits per heavy atom. The summed E-state index contributed by atoms with van der Waals surface area (Å²) in [6.45, 7) is 1.49. The zero-order valence-corrected chi connectivity index (χ0v) is 12.6. The molecule has 1 atom stereocenters. The van der Waals surface area contributed by atoms with Crippen molar-refractivity contribution in [3.63, 3.8) is 0 Å². The van der Waals surface area contributed by atoms with Crippen LogP contribution in [-0.2, 0) is 4.74 Å². The molecule has 0 amide bonds. The van der Waals surface area contributed by atoms with E-state index in [9.17, 15) is 9.59 Å². The molecule has 0 spiro atoms. The Kier molecular flexibility index (Phi) is 4.94. The Morgan fingerprint density at radius 1 is 1.10 bits per heavy atom.